The molecule has 5 rings (SSSR count). The predicted molar refractivity (Wildman–Crippen MR) is 171 cm³/mol. The van der Waals surface area contributed by atoms with Crippen LogP contribution in [0.15, 0.2) is 48.8 Å². The number of esters is 1. The molecule has 1 unspecified atom stereocenters. The molecule has 15 heteroatoms. The largest absolute Gasteiger partial charge is 0.462 e. The summed E-state index contributed by atoms with van der Waals surface area (Å²) in [7, 11) is 1.67. The summed E-state index contributed by atoms with van der Waals surface area (Å²) < 4.78 is 41.5. The van der Waals surface area contributed by atoms with E-state index in [0.717, 1.165) is 10.8 Å². The van der Waals surface area contributed by atoms with Crippen LogP contribution in [-0.4, -0.2) is 74.3 Å². The minimum absolute atomic E-state index is 0.256. The summed E-state index contributed by atoms with van der Waals surface area (Å²) in [6.07, 6.45) is 1.96. The van der Waals surface area contributed by atoms with Crippen LogP contribution in [0.3, 0.4) is 0 Å². The van der Waals surface area contributed by atoms with Crippen molar-refractivity contribution in [2.75, 3.05) is 19.0 Å². The van der Waals surface area contributed by atoms with E-state index in [1.165, 1.54) is 10.9 Å². The summed E-state index contributed by atoms with van der Waals surface area (Å²) in [5.74, 6) is 2.73. The predicted octanol–water partition coefficient (Wildman–Crippen LogP) is 4.18. The highest BCUT2D eigenvalue weighted by Gasteiger charge is 2.58. The van der Waals surface area contributed by atoms with Gasteiger partial charge in [-0.15, -0.1) is 6.42 Å². The van der Waals surface area contributed by atoms with Gasteiger partial charge in [0.05, 0.1) is 19.0 Å². The fraction of sp³-hybridized carbons (Fsp3) is 0.400. The number of aryl methyl sites for hydroxylation is 1. The number of terminal acetylenes is 1. The van der Waals surface area contributed by atoms with Crippen LogP contribution in [0, 0.1) is 19.3 Å². The monoisotopic (exact) mass is 656 g/mol. The summed E-state index contributed by atoms with van der Waals surface area (Å²) in [5, 5.41) is 18.7. The Morgan fingerprint density at radius 2 is 2.00 bits per heavy atom. The number of halogens is 1. The molecule has 1 fully saturated rings. The zero-order valence-corrected chi connectivity index (χ0v) is 27.0. The fourth-order valence-corrected chi connectivity index (χ4v) is 7.39. The number of ether oxygens (including phenoxy) is 2. The van der Waals surface area contributed by atoms with Gasteiger partial charge in [-0.3, -0.25) is 9.36 Å². The number of nitrogens with zero attached hydrogens (tertiary/aromatic N) is 4. The van der Waals surface area contributed by atoms with Crippen molar-refractivity contribution in [2.24, 2.45) is 0 Å². The van der Waals surface area contributed by atoms with E-state index in [9.17, 15) is 9.90 Å². The van der Waals surface area contributed by atoms with Crippen LogP contribution >= 0.6 is 6.64 Å². The van der Waals surface area contributed by atoms with Crippen LogP contribution in [-0.2, 0) is 30.6 Å². The molecule has 6 atom stereocenters. The SMILES string of the molecule is C#C[C@@]1(F)[C@H](O)[C@@H](COP(=S)(N[C@H](C)C(=O)OC(C)C)Oc2cccc3ccccc23)O[C@H]1n1cnc2c(NC)nc(C)nc21. The Hall–Kier alpha value is -3.70. The Bertz CT molecular complexity index is 1810. The molecule has 0 aliphatic carbocycles. The number of alkyl halides is 1. The third-order valence-corrected chi connectivity index (χ3v) is 9.61. The molecule has 1 saturated heterocycles. The number of hydrogen-bond acceptors (Lipinski definition) is 11. The highest BCUT2D eigenvalue weighted by molar-refractivity contribution is 8.09. The Morgan fingerprint density at radius 1 is 1.27 bits per heavy atom. The van der Waals surface area contributed by atoms with Crippen molar-refractivity contribution in [1.29, 1.82) is 0 Å². The standard InChI is InChI=1S/C30H34FN6O6PS/c1-7-30(31)25(38)23(42-29(30)37-16-33-24-26(32-6)34-19(5)35-27(24)37)15-40-44(45,36-18(4)28(39)41-17(2)3)43-22-14-10-12-20-11-8-9-13-21(20)22/h1,8-14,16-18,23,25,29,38H,15H2,2-6H3,(H,36,45)(H,32,34,35)/t18-,23-,25-,29-,30-,44?/m1/s1. The molecule has 0 spiro atoms. The lowest BCUT2D eigenvalue weighted by atomic mass is 9.97. The third-order valence-electron chi connectivity index (χ3n) is 7.12. The zero-order chi connectivity index (χ0) is 32.5. The lowest BCUT2D eigenvalue weighted by Gasteiger charge is -2.28. The number of nitrogens with one attached hydrogen (secondary N) is 2. The molecule has 0 saturated carbocycles. The third kappa shape index (κ3) is 6.51. The first-order chi connectivity index (χ1) is 21.4. The van der Waals surface area contributed by atoms with E-state index in [2.05, 4.69) is 31.3 Å². The van der Waals surface area contributed by atoms with E-state index in [-0.39, 0.29) is 11.8 Å². The van der Waals surface area contributed by atoms with Gasteiger partial charge in [0.25, 0.3) is 0 Å². The quantitative estimate of drug-likeness (QED) is 0.121. The molecule has 1 aliphatic rings. The van der Waals surface area contributed by atoms with E-state index < -0.39 is 49.4 Å². The molecule has 45 heavy (non-hydrogen) atoms. The number of carbonyl (C=O) groups is 1. The maximum Gasteiger partial charge on any atom is 0.323 e. The zero-order valence-electron chi connectivity index (χ0n) is 25.3. The second-order valence-electron chi connectivity index (χ2n) is 10.8. The van der Waals surface area contributed by atoms with Crippen molar-refractivity contribution >= 4 is 52.2 Å². The molecule has 0 amide bonds. The summed E-state index contributed by atoms with van der Waals surface area (Å²) in [6.45, 7) is 2.66. The fourth-order valence-electron chi connectivity index (χ4n) is 4.97. The van der Waals surface area contributed by atoms with Crippen molar-refractivity contribution in [3.05, 3.63) is 54.6 Å². The van der Waals surface area contributed by atoms with E-state index in [4.69, 9.17) is 36.8 Å². The van der Waals surface area contributed by atoms with Crippen LogP contribution in [0.25, 0.3) is 21.9 Å². The average molecular weight is 657 g/mol. The average Bonchev–Trinajstić information content (AvgIpc) is 3.53. The van der Waals surface area contributed by atoms with Gasteiger partial charge in [-0.2, -0.15) is 0 Å². The molecule has 2 aromatic carbocycles. The molecule has 3 heterocycles. The normalized spacial score (nSPS) is 23.5. The molecule has 3 N–H and O–H groups in total. The molecule has 0 bridgehead atoms. The Kier molecular flexibility index (Phi) is 9.41. The summed E-state index contributed by atoms with van der Waals surface area (Å²) >= 11 is 5.87. The highest BCUT2D eigenvalue weighted by Crippen LogP contribution is 2.49. The van der Waals surface area contributed by atoms with Gasteiger partial charge in [0.1, 0.15) is 29.8 Å². The van der Waals surface area contributed by atoms with Gasteiger partial charge in [-0.05, 0) is 51.0 Å². The lowest BCUT2D eigenvalue weighted by Crippen LogP contribution is -2.42. The van der Waals surface area contributed by atoms with Crippen LogP contribution < -0.4 is 14.9 Å². The minimum atomic E-state index is -3.60. The number of rotatable bonds is 11. The molecule has 238 valence electrons. The molecular formula is C30H34FN6O6PS. The van der Waals surface area contributed by atoms with Crippen molar-refractivity contribution in [2.45, 2.75) is 63.9 Å². The highest BCUT2D eigenvalue weighted by atomic mass is 32.5. The van der Waals surface area contributed by atoms with Crippen molar-refractivity contribution < 1.29 is 32.8 Å². The molecule has 0 radical (unpaired) electrons. The topological polar surface area (TPSA) is 142 Å². The van der Waals surface area contributed by atoms with Gasteiger partial charge in [-0.1, -0.05) is 42.3 Å². The first-order valence-electron chi connectivity index (χ1n) is 14.2. The number of aliphatic hydroxyl groups is 1. The van der Waals surface area contributed by atoms with Crippen LogP contribution in [0.2, 0.25) is 0 Å². The van der Waals surface area contributed by atoms with Gasteiger partial charge >= 0.3 is 12.6 Å². The first kappa shape index (κ1) is 32.7. The molecule has 2 aromatic heterocycles. The lowest BCUT2D eigenvalue weighted by molar-refractivity contribution is -0.149. The number of anilines is 1. The summed E-state index contributed by atoms with van der Waals surface area (Å²) in [5.41, 5.74) is -2.07. The number of aliphatic hydroxyl groups excluding tert-OH is 1. The van der Waals surface area contributed by atoms with E-state index in [0.29, 0.717) is 22.9 Å². The van der Waals surface area contributed by atoms with E-state index >= 15 is 4.39 Å². The number of hydrogen-bond donors (Lipinski definition) is 3. The molecular weight excluding hydrogens is 622 g/mol. The maximum atomic E-state index is 16.4. The van der Waals surface area contributed by atoms with Gasteiger partial charge in [0.2, 0.25) is 5.67 Å². The number of imidazole rings is 1. The number of benzene rings is 2. The van der Waals surface area contributed by atoms with Gasteiger partial charge in [0.15, 0.2) is 23.2 Å². The molecule has 4 aromatic rings. The number of fused-ring (bicyclic) bond motifs is 2. The molecule has 1 aliphatic heterocycles. The van der Waals surface area contributed by atoms with Crippen molar-refractivity contribution in [3.63, 3.8) is 0 Å². The number of carbonyl (C=O) groups excluding carboxylic acids is 1. The van der Waals surface area contributed by atoms with Gasteiger partial charge in [0, 0.05) is 12.4 Å². The Balaban J connectivity index is 1.44. The van der Waals surface area contributed by atoms with Crippen molar-refractivity contribution in [1.82, 2.24) is 24.6 Å². The van der Waals surface area contributed by atoms with Crippen molar-refractivity contribution in [3.8, 4) is 18.1 Å². The van der Waals surface area contributed by atoms with Gasteiger partial charge < -0.3 is 28.9 Å². The second kappa shape index (κ2) is 13.0. The Labute approximate surface area is 264 Å². The maximum absolute atomic E-state index is 16.4. The smallest absolute Gasteiger partial charge is 0.323 e. The number of aromatic nitrogens is 4. The second-order valence-corrected chi connectivity index (χ2v) is 13.9. The van der Waals surface area contributed by atoms with E-state index in [1.807, 2.05) is 30.3 Å². The van der Waals surface area contributed by atoms with Crippen LogP contribution in [0.4, 0.5) is 10.2 Å². The van der Waals surface area contributed by atoms with Gasteiger partial charge in [-0.25, -0.2) is 24.4 Å². The summed E-state index contributed by atoms with van der Waals surface area (Å²) in [6, 6.07) is 12.0. The minimum Gasteiger partial charge on any atom is -0.462 e. The molecule has 12 nitrogen and oxygen atoms in total. The van der Waals surface area contributed by atoms with Crippen LogP contribution in [0.1, 0.15) is 32.8 Å². The first-order valence-corrected chi connectivity index (χ1v) is 16.8. The van der Waals surface area contributed by atoms with E-state index in [1.54, 1.807) is 46.9 Å². The Morgan fingerprint density at radius 3 is 2.71 bits per heavy atom. The summed E-state index contributed by atoms with van der Waals surface area (Å²) in [4.78, 5) is 25.7. The van der Waals surface area contributed by atoms with Crippen LogP contribution in [0.5, 0.6) is 5.75 Å².